The number of rotatable bonds is 5. The van der Waals surface area contributed by atoms with E-state index in [0.717, 1.165) is 12.2 Å². The maximum atomic E-state index is 11.5. The number of hydrogen-bond acceptors (Lipinski definition) is 3. The average molecular weight is 218 g/mol. The average Bonchev–Trinajstić information content (AvgIpc) is 2.09. The molecule has 0 fully saturated rings. The predicted octanol–water partition coefficient (Wildman–Crippen LogP) is 1.23. The van der Waals surface area contributed by atoms with Gasteiger partial charge in [-0.05, 0) is 23.8 Å². The third kappa shape index (κ3) is 7.21. The fourth-order valence-corrected chi connectivity index (χ4v) is 1.35. The molecule has 0 radical (unpaired) electrons. The Balaban J connectivity index is 3.73. The van der Waals surface area contributed by atoms with Gasteiger partial charge in [0, 0.05) is 6.54 Å². The summed E-state index contributed by atoms with van der Waals surface area (Å²) < 4.78 is 0. The van der Waals surface area contributed by atoms with Crippen LogP contribution in [0, 0.1) is 5.41 Å². The number of thioether (sulfide) groups is 1. The van der Waals surface area contributed by atoms with E-state index in [1.54, 1.807) is 11.8 Å². The number of carbonyl (C=O) groups excluding carboxylic acids is 1. The van der Waals surface area contributed by atoms with Crippen molar-refractivity contribution in [1.29, 1.82) is 0 Å². The molecular formula is C10H22N2OS. The highest BCUT2D eigenvalue weighted by atomic mass is 32.2. The molecule has 3 N–H and O–H groups in total. The molecule has 84 valence electrons. The van der Waals surface area contributed by atoms with Crippen LogP contribution in [0.5, 0.6) is 0 Å². The normalized spacial score (nSPS) is 13.8. The van der Waals surface area contributed by atoms with Gasteiger partial charge in [0.25, 0.3) is 0 Å². The Hall–Kier alpha value is -0.220. The highest BCUT2D eigenvalue weighted by Gasteiger charge is 2.16. The van der Waals surface area contributed by atoms with E-state index in [0.29, 0.717) is 6.54 Å². The Morgan fingerprint density at radius 1 is 1.50 bits per heavy atom. The van der Waals surface area contributed by atoms with Gasteiger partial charge in [-0.3, -0.25) is 4.79 Å². The lowest BCUT2D eigenvalue weighted by Crippen LogP contribution is -2.43. The number of nitrogens with two attached hydrogens (primary N) is 1. The van der Waals surface area contributed by atoms with Crippen molar-refractivity contribution >= 4 is 17.7 Å². The van der Waals surface area contributed by atoms with E-state index in [1.807, 2.05) is 6.26 Å². The van der Waals surface area contributed by atoms with Crippen LogP contribution < -0.4 is 11.1 Å². The summed E-state index contributed by atoms with van der Waals surface area (Å²) in [5.74, 6) is 0.901. The zero-order chi connectivity index (χ0) is 11.2. The minimum atomic E-state index is -0.357. The first-order chi connectivity index (χ1) is 6.37. The Labute approximate surface area is 91.2 Å². The standard InChI is InChI=1S/C10H22N2OS/c1-10(2,3)7-12-9(13)8(11)5-6-14-4/h8H,5-7,11H2,1-4H3,(H,12,13)/t8-/m1/s1. The molecule has 4 heteroatoms. The molecule has 0 spiro atoms. The van der Waals surface area contributed by atoms with E-state index >= 15 is 0 Å². The van der Waals surface area contributed by atoms with E-state index < -0.39 is 0 Å². The van der Waals surface area contributed by atoms with Crippen LogP contribution in [0.2, 0.25) is 0 Å². The molecule has 0 saturated heterocycles. The van der Waals surface area contributed by atoms with E-state index in [2.05, 4.69) is 26.1 Å². The number of hydrogen-bond donors (Lipinski definition) is 2. The van der Waals surface area contributed by atoms with Crippen molar-refractivity contribution < 1.29 is 4.79 Å². The lowest BCUT2D eigenvalue weighted by atomic mass is 9.97. The second kappa shape index (κ2) is 6.30. The third-order valence-corrected chi connectivity index (χ3v) is 2.41. The highest BCUT2D eigenvalue weighted by molar-refractivity contribution is 7.98. The van der Waals surface area contributed by atoms with E-state index in [9.17, 15) is 4.79 Å². The Morgan fingerprint density at radius 3 is 2.50 bits per heavy atom. The molecule has 0 rings (SSSR count). The van der Waals surface area contributed by atoms with Gasteiger partial charge in [-0.25, -0.2) is 0 Å². The maximum Gasteiger partial charge on any atom is 0.236 e. The fourth-order valence-electron chi connectivity index (χ4n) is 0.859. The molecule has 0 aliphatic heterocycles. The molecule has 0 aromatic carbocycles. The monoisotopic (exact) mass is 218 g/mol. The van der Waals surface area contributed by atoms with E-state index in [4.69, 9.17) is 5.73 Å². The van der Waals surface area contributed by atoms with Crippen LogP contribution in [0.25, 0.3) is 0 Å². The van der Waals surface area contributed by atoms with E-state index in [-0.39, 0.29) is 17.4 Å². The van der Waals surface area contributed by atoms with Gasteiger partial charge in [-0.1, -0.05) is 20.8 Å². The van der Waals surface area contributed by atoms with Crippen molar-refractivity contribution in [1.82, 2.24) is 5.32 Å². The van der Waals surface area contributed by atoms with E-state index in [1.165, 1.54) is 0 Å². The molecule has 3 nitrogen and oxygen atoms in total. The molecule has 0 aromatic rings. The minimum Gasteiger partial charge on any atom is -0.354 e. The summed E-state index contributed by atoms with van der Waals surface area (Å²) in [7, 11) is 0. The summed E-state index contributed by atoms with van der Waals surface area (Å²) in [6.45, 7) is 6.93. The molecule has 1 atom stereocenters. The van der Waals surface area contributed by atoms with Crippen LogP contribution in [0.15, 0.2) is 0 Å². The van der Waals surface area contributed by atoms with Crippen LogP contribution >= 0.6 is 11.8 Å². The first-order valence-electron chi connectivity index (χ1n) is 4.89. The molecular weight excluding hydrogens is 196 g/mol. The van der Waals surface area contributed by atoms with Gasteiger partial charge in [-0.15, -0.1) is 0 Å². The fraction of sp³-hybridized carbons (Fsp3) is 0.900. The molecule has 0 aromatic heterocycles. The molecule has 0 bridgehead atoms. The molecule has 1 amide bonds. The van der Waals surface area contributed by atoms with Crippen LogP contribution in [0.1, 0.15) is 27.2 Å². The highest BCUT2D eigenvalue weighted by Crippen LogP contribution is 2.10. The van der Waals surface area contributed by atoms with Gasteiger partial charge >= 0.3 is 0 Å². The quantitative estimate of drug-likeness (QED) is 0.730. The van der Waals surface area contributed by atoms with Crippen molar-refractivity contribution in [3.63, 3.8) is 0 Å². The number of amides is 1. The van der Waals surface area contributed by atoms with Gasteiger partial charge in [0.05, 0.1) is 6.04 Å². The summed E-state index contributed by atoms with van der Waals surface area (Å²) in [4.78, 5) is 11.5. The second-order valence-electron chi connectivity index (χ2n) is 4.67. The summed E-state index contributed by atoms with van der Waals surface area (Å²) in [5.41, 5.74) is 5.83. The lowest BCUT2D eigenvalue weighted by Gasteiger charge is -2.20. The maximum absolute atomic E-state index is 11.5. The smallest absolute Gasteiger partial charge is 0.236 e. The summed E-state index contributed by atoms with van der Waals surface area (Å²) in [5, 5.41) is 2.86. The van der Waals surface area contributed by atoms with Crippen LogP contribution in [-0.2, 0) is 4.79 Å². The van der Waals surface area contributed by atoms with Crippen LogP contribution in [0.4, 0.5) is 0 Å². The SMILES string of the molecule is CSCC[C@@H](N)C(=O)NCC(C)(C)C. The number of nitrogens with one attached hydrogen (secondary N) is 1. The van der Waals surface area contributed by atoms with Crippen LogP contribution in [-0.4, -0.2) is 30.5 Å². The lowest BCUT2D eigenvalue weighted by molar-refractivity contribution is -0.122. The summed E-state index contributed by atoms with van der Waals surface area (Å²) in [6.07, 6.45) is 2.76. The molecule has 14 heavy (non-hydrogen) atoms. The predicted molar refractivity (Wildman–Crippen MR) is 63.4 cm³/mol. The number of carbonyl (C=O) groups is 1. The second-order valence-corrected chi connectivity index (χ2v) is 5.65. The molecule has 0 unspecified atom stereocenters. The van der Waals surface area contributed by atoms with Crippen molar-refractivity contribution in [2.24, 2.45) is 11.1 Å². The van der Waals surface area contributed by atoms with Crippen molar-refractivity contribution in [3.8, 4) is 0 Å². The topological polar surface area (TPSA) is 55.1 Å². The molecule has 0 aliphatic carbocycles. The molecule has 0 aliphatic rings. The Bertz CT molecular complexity index is 177. The minimum absolute atomic E-state index is 0.0334. The van der Waals surface area contributed by atoms with Crippen molar-refractivity contribution in [3.05, 3.63) is 0 Å². The summed E-state index contributed by atoms with van der Waals surface area (Å²) in [6, 6.07) is -0.357. The zero-order valence-electron chi connectivity index (χ0n) is 9.59. The van der Waals surface area contributed by atoms with Crippen molar-refractivity contribution in [2.45, 2.75) is 33.2 Å². The first-order valence-corrected chi connectivity index (χ1v) is 6.28. The molecule has 0 heterocycles. The summed E-state index contributed by atoms with van der Waals surface area (Å²) >= 11 is 1.71. The van der Waals surface area contributed by atoms with Gasteiger partial charge in [0.1, 0.15) is 0 Å². The van der Waals surface area contributed by atoms with Crippen molar-refractivity contribution in [2.75, 3.05) is 18.6 Å². The van der Waals surface area contributed by atoms with Gasteiger partial charge < -0.3 is 11.1 Å². The van der Waals surface area contributed by atoms with Gasteiger partial charge in [0.15, 0.2) is 0 Å². The Morgan fingerprint density at radius 2 is 2.07 bits per heavy atom. The molecule has 0 saturated carbocycles. The van der Waals surface area contributed by atoms with Gasteiger partial charge in [0.2, 0.25) is 5.91 Å². The zero-order valence-corrected chi connectivity index (χ0v) is 10.4. The Kier molecular flexibility index (Phi) is 6.20. The third-order valence-electron chi connectivity index (χ3n) is 1.76. The largest absolute Gasteiger partial charge is 0.354 e. The van der Waals surface area contributed by atoms with Crippen LogP contribution in [0.3, 0.4) is 0 Å². The first kappa shape index (κ1) is 13.8. The van der Waals surface area contributed by atoms with Gasteiger partial charge in [-0.2, -0.15) is 11.8 Å².